The molecular formula is C17H24N4O3. The van der Waals surface area contributed by atoms with Crippen molar-refractivity contribution in [1.82, 2.24) is 9.88 Å². The minimum Gasteiger partial charge on any atom is -0.364 e. The Labute approximate surface area is 141 Å². The van der Waals surface area contributed by atoms with Crippen LogP contribution in [0, 0.1) is 11.8 Å². The van der Waals surface area contributed by atoms with E-state index in [1.165, 1.54) is 12.3 Å². The molecular weight excluding hydrogens is 308 g/mol. The van der Waals surface area contributed by atoms with Crippen molar-refractivity contribution in [2.24, 2.45) is 17.6 Å². The van der Waals surface area contributed by atoms with Crippen LogP contribution < -0.4 is 11.1 Å². The molecule has 1 aliphatic carbocycles. The van der Waals surface area contributed by atoms with Crippen LogP contribution in [0.5, 0.6) is 0 Å². The van der Waals surface area contributed by atoms with Crippen LogP contribution in [0.1, 0.15) is 49.0 Å². The molecule has 2 fully saturated rings. The molecule has 0 radical (unpaired) electrons. The number of H-pyrrole nitrogens is 1. The minimum atomic E-state index is -0.574. The van der Waals surface area contributed by atoms with Crippen molar-refractivity contribution >= 4 is 23.4 Å². The van der Waals surface area contributed by atoms with Crippen LogP contribution in [0.4, 0.5) is 5.69 Å². The van der Waals surface area contributed by atoms with Crippen LogP contribution in [0.15, 0.2) is 12.3 Å². The zero-order valence-corrected chi connectivity index (χ0v) is 13.7. The Morgan fingerprint density at radius 1 is 1.08 bits per heavy atom. The summed E-state index contributed by atoms with van der Waals surface area (Å²) in [6, 6.07) is 1.51. The Bertz CT molecular complexity index is 634. The third-order valence-corrected chi connectivity index (χ3v) is 5.05. The molecule has 0 spiro atoms. The number of nitrogens with one attached hydrogen (secondary N) is 2. The van der Waals surface area contributed by atoms with Crippen molar-refractivity contribution in [2.75, 3.05) is 18.4 Å². The van der Waals surface area contributed by atoms with Crippen LogP contribution in [-0.4, -0.2) is 40.7 Å². The molecule has 24 heavy (non-hydrogen) atoms. The van der Waals surface area contributed by atoms with E-state index in [1.54, 1.807) is 0 Å². The molecule has 1 aromatic heterocycles. The van der Waals surface area contributed by atoms with E-state index in [0.29, 0.717) is 5.69 Å². The maximum absolute atomic E-state index is 12.7. The van der Waals surface area contributed by atoms with Crippen molar-refractivity contribution in [3.8, 4) is 0 Å². The Kier molecular flexibility index (Phi) is 4.87. The number of rotatable bonds is 4. The number of hydrogen-bond donors (Lipinski definition) is 3. The van der Waals surface area contributed by atoms with E-state index in [-0.39, 0.29) is 29.3 Å². The number of nitrogens with zero attached hydrogens (tertiary/aromatic N) is 1. The Balaban J connectivity index is 1.68. The Hall–Kier alpha value is -2.31. The second kappa shape index (κ2) is 7.07. The molecule has 2 heterocycles. The molecule has 4 N–H and O–H groups in total. The molecule has 2 atom stereocenters. The van der Waals surface area contributed by atoms with Gasteiger partial charge in [0.2, 0.25) is 11.8 Å². The third kappa shape index (κ3) is 3.44. The van der Waals surface area contributed by atoms with Crippen LogP contribution in [0.2, 0.25) is 0 Å². The average molecular weight is 332 g/mol. The number of aromatic amines is 1. The topological polar surface area (TPSA) is 108 Å². The molecule has 7 nitrogen and oxygen atoms in total. The minimum absolute atomic E-state index is 0.124. The molecule has 2 unspecified atom stereocenters. The summed E-state index contributed by atoms with van der Waals surface area (Å²) in [7, 11) is 0. The highest BCUT2D eigenvalue weighted by Gasteiger charge is 2.38. The predicted octanol–water partition coefficient (Wildman–Crippen LogP) is 1.48. The lowest BCUT2D eigenvalue weighted by Gasteiger charge is -2.32. The summed E-state index contributed by atoms with van der Waals surface area (Å²) in [5, 5.41) is 2.81. The number of anilines is 1. The number of carbonyl (C=O) groups excluding carboxylic acids is 3. The normalized spacial score (nSPS) is 23.9. The van der Waals surface area contributed by atoms with E-state index < -0.39 is 5.91 Å². The maximum Gasteiger partial charge on any atom is 0.265 e. The monoisotopic (exact) mass is 332 g/mol. The van der Waals surface area contributed by atoms with Gasteiger partial charge >= 0.3 is 0 Å². The smallest absolute Gasteiger partial charge is 0.265 e. The van der Waals surface area contributed by atoms with Gasteiger partial charge in [-0.3, -0.25) is 14.4 Å². The standard InChI is InChI=1S/C17H24N4O3/c18-15(22)14-9-11(10-19-14)20-16(23)12-5-1-2-6-13(12)17(24)21-7-3-4-8-21/h9-10,12-13,19H,1-8H2,(H2,18,22)(H,20,23). The first-order valence-electron chi connectivity index (χ1n) is 8.64. The first kappa shape index (κ1) is 16.5. The van der Waals surface area contributed by atoms with Crippen molar-refractivity contribution in [1.29, 1.82) is 0 Å². The van der Waals surface area contributed by atoms with Gasteiger partial charge in [-0.1, -0.05) is 12.8 Å². The van der Waals surface area contributed by atoms with E-state index in [4.69, 9.17) is 5.73 Å². The Morgan fingerprint density at radius 3 is 2.38 bits per heavy atom. The SMILES string of the molecule is NC(=O)c1cc(NC(=O)C2CCCCC2C(=O)N2CCCC2)c[nH]1. The van der Waals surface area contributed by atoms with Gasteiger partial charge in [0.25, 0.3) is 5.91 Å². The zero-order valence-electron chi connectivity index (χ0n) is 13.7. The van der Waals surface area contributed by atoms with E-state index >= 15 is 0 Å². The molecule has 7 heteroatoms. The summed E-state index contributed by atoms with van der Waals surface area (Å²) < 4.78 is 0. The number of hydrogen-bond acceptors (Lipinski definition) is 3. The molecule has 1 saturated heterocycles. The largest absolute Gasteiger partial charge is 0.364 e. The number of primary amides is 1. The maximum atomic E-state index is 12.7. The van der Waals surface area contributed by atoms with Crippen molar-refractivity contribution in [2.45, 2.75) is 38.5 Å². The predicted molar refractivity (Wildman–Crippen MR) is 89.2 cm³/mol. The van der Waals surface area contributed by atoms with Crippen LogP contribution >= 0.6 is 0 Å². The van der Waals surface area contributed by atoms with Gasteiger partial charge in [0.1, 0.15) is 5.69 Å². The van der Waals surface area contributed by atoms with Crippen molar-refractivity contribution in [3.05, 3.63) is 18.0 Å². The zero-order chi connectivity index (χ0) is 17.1. The lowest BCUT2D eigenvalue weighted by atomic mass is 9.78. The van der Waals surface area contributed by atoms with Gasteiger partial charge in [0, 0.05) is 31.1 Å². The first-order chi connectivity index (χ1) is 11.6. The van der Waals surface area contributed by atoms with E-state index in [1.807, 2.05) is 4.90 Å². The summed E-state index contributed by atoms with van der Waals surface area (Å²) in [5.74, 6) is -1.14. The van der Waals surface area contributed by atoms with Crippen molar-refractivity contribution in [3.63, 3.8) is 0 Å². The quantitative estimate of drug-likeness (QED) is 0.777. The molecule has 3 amide bonds. The fourth-order valence-corrected chi connectivity index (χ4v) is 3.76. The lowest BCUT2D eigenvalue weighted by Crippen LogP contribution is -2.42. The van der Waals surface area contributed by atoms with Crippen LogP contribution in [0.3, 0.4) is 0 Å². The van der Waals surface area contributed by atoms with Gasteiger partial charge in [-0.15, -0.1) is 0 Å². The van der Waals surface area contributed by atoms with E-state index in [2.05, 4.69) is 10.3 Å². The summed E-state index contributed by atoms with van der Waals surface area (Å²) >= 11 is 0. The highest BCUT2D eigenvalue weighted by molar-refractivity contribution is 5.98. The summed E-state index contributed by atoms with van der Waals surface area (Å²) in [4.78, 5) is 41.2. The number of aromatic nitrogens is 1. The summed E-state index contributed by atoms with van der Waals surface area (Å²) in [6.07, 6.45) is 7.09. The van der Waals surface area contributed by atoms with Gasteiger partial charge in [-0.2, -0.15) is 0 Å². The van der Waals surface area contributed by atoms with Gasteiger partial charge in [-0.25, -0.2) is 0 Å². The van der Waals surface area contributed by atoms with Crippen LogP contribution in [0.25, 0.3) is 0 Å². The average Bonchev–Trinajstić information content (AvgIpc) is 3.26. The lowest BCUT2D eigenvalue weighted by molar-refractivity contribution is -0.141. The van der Waals surface area contributed by atoms with Gasteiger partial charge in [0.05, 0.1) is 5.69 Å². The van der Waals surface area contributed by atoms with Crippen molar-refractivity contribution < 1.29 is 14.4 Å². The highest BCUT2D eigenvalue weighted by atomic mass is 16.2. The summed E-state index contributed by atoms with van der Waals surface area (Å²) in [6.45, 7) is 1.62. The number of carbonyl (C=O) groups is 3. The first-order valence-corrected chi connectivity index (χ1v) is 8.64. The summed E-state index contributed by atoms with van der Waals surface area (Å²) in [5.41, 5.74) is 5.95. The highest BCUT2D eigenvalue weighted by Crippen LogP contribution is 2.33. The fraction of sp³-hybridized carbons (Fsp3) is 0.588. The Morgan fingerprint density at radius 2 is 1.75 bits per heavy atom. The third-order valence-electron chi connectivity index (χ3n) is 5.05. The second-order valence-electron chi connectivity index (χ2n) is 6.69. The fourth-order valence-electron chi connectivity index (χ4n) is 3.76. The molecule has 0 bridgehead atoms. The molecule has 1 aromatic rings. The molecule has 1 aliphatic heterocycles. The van der Waals surface area contributed by atoms with Gasteiger partial charge in [-0.05, 0) is 31.7 Å². The number of nitrogens with two attached hydrogens (primary N) is 1. The molecule has 2 aliphatic rings. The van der Waals surface area contributed by atoms with Gasteiger partial charge in [0.15, 0.2) is 0 Å². The molecule has 3 rings (SSSR count). The van der Waals surface area contributed by atoms with E-state index in [0.717, 1.165) is 51.6 Å². The molecule has 0 aromatic carbocycles. The molecule has 1 saturated carbocycles. The second-order valence-corrected chi connectivity index (χ2v) is 6.69. The van der Waals surface area contributed by atoms with E-state index in [9.17, 15) is 14.4 Å². The van der Waals surface area contributed by atoms with Crippen LogP contribution in [-0.2, 0) is 9.59 Å². The van der Waals surface area contributed by atoms with Gasteiger partial charge < -0.3 is 20.9 Å². The number of likely N-dealkylation sites (tertiary alicyclic amines) is 1. The molecule has 130 valence electrons. The number of amides is 3.